The maximum Gasteiger partial charge on any atom is 0.206 e. The average molecular weight is 464 g/mol. The number of aromatic nitrogens is 1. The molecule has 172 valence electrons. The molecule has 0 spiro atoms. The van der Waals surface area contributed by atoms with Crippen molar-refractivity contribution in [1.29, 1.82) is 0 Å². The Morgan fingerprint density at radius 2 is 1.79 bits per heavy atom. The van der Waals surface area contributed by atoms with E-state index in [4.69, 9.17) is 24.3 Å². The van der Waals surface area contributed by atoms with Gasteiger partial charge in [-0.15, -0.1) is 11.3 Å². The van der Waals surface area contributed by atoms with E-state index in [-0.39, 0.29) is 0 Å². The van der Waals surface area contributed by atoms with Gasteiger partial charge in [0.2, 0.25) is 10.6 Å². The highest BCUT2D eigenvalue weighted by atomic mass is 32.1. The normalized spacial score (nSPS) is 16.3. The topological polar surface area (TPSA) is 57.3 Å². The number of allylic oxidation sites excluding steroid dienone is 2. The van der Waals surface area contributed by atoms with Crippen LogP contribution in [0.5, 0.6) is 17.2 Å². The summed E-state index contributed by atoms with van der Waals surface area (Å²) in [5.41, 5.74) is 3.00. The van der Waals surface area contributed by atoms with Crippen LogP contribution in [0.3, 0.4) is 0 Å². The van der Waals surface area contributed by atoms with E-state index in [2.05, 4.69) is 35.9 Å². The summed E-state index contributed by atoms with van der Waals surface area (Å²) in [6.07, 6.45) is 9.75. The van der Waals surface area contributed by atoms with Crippen LogP contribution in [0.1, 0.15) is 24.8 Å². The molecule has 1 atom stereocenters. The average Bonchev–Trinajstić information content (AvgIpc) is 3.29. The van der Waals surface area contributed by atoms with Gasteiger partial charge in [0, 0.05) is 17.2 Å². The molecule has 33 heavy (non-hydrogen) atoms. The van der Waals surface area contributed by atoms with Crippen LogP contribution in [0.4, 0.5) is 0 Å². The van der Waals surface area contributed by atoms with Crippen LogP contribution in [0.25, 0.3) is 11.3 Å². The van der Waals surface area contributed by atoms with Crippen molar-refractivity contribution in [2.45, 2.75) is 25.8 Å². The third-order valence-corrected chi connectivity index (χ3v) is 6.44. The van der Waals surface area contributed by atoms with Crippen LogP contribution in [0.15, 0.2) is 70.1 Å². The summed E-state index contributed by atoms with van der Waals surface area (Å²) in [5, 5.41) is 6.97. The first kappa shape index (κ1) is 22.9. The number of hydrogen-bond acceptors (Lipinski definition) is 6. The van der Waals surface area contributed by atoms with Gasteiger partial charge in [0.1, 0.15) is 0 Å². The number of ether oxygens (including phenoxy) is 3. The van der Waals surface area contributed by atoms with E-state index in [1.807, 2.05) is 35.0 Å². The van der Waals surface area contributed by atoms with E-state index in [0.29, 0.717) is 29.7 Å². The lowest BCUT2D eigenvalue weighted by atomic mass is 9.96. The number of benzene rings is 2. The molecular formula is C26H29N3O3S. The molecule has 2 aromatic carbocycles. The maximum atomic E-state index is 5.57. The zero-order valence-electron chi connectivity index (χ0n) is 19.2. The lowest BCUT2D eigenvalue weighted by Crippen LogP contribution is -2.14. The minimum atomic E-state index is 0.428. The Balaban J connectivity index is 1.78. The molecule has 0 N–H and O–H groups in total. The third kappa shape index (κ3) is 5.37. The van der Waals surface area contributed by atoms with Gasteiger partial charge >= 0.3 is 0 Å². The highest BCUT2D eigenvalue weighted by molar-refractivity contribution is 7.07. The van der Waals surface area contributed by atoms with Gasteiger partial charge in [-0.3, -0.25) is 4.99 Å². The molecule has 4 rings (SSSR count). The molecule has 0 bridgehead atoms. The van der Waals surface area contributed by atoms with E-state index >= 15 is 0 Å². The van der Waals surface area contributed by atoms with Crippen molar-refractivity contribution in [2.75, 3.05) is 21.3 Å². The Bertz CT molecular complexity index is 1170. The Morgan fingerprint density at radius 1 is 1.03 bits per heavy atom. The molecular weight excluding hydrogens is 434 g/mol. The lowest BCUT2D eigenvalue weighted by molar-refractivity contribution is 0.324. The van der Waals surface area contributed by atoms with Crippen LogP contribution in [-0.2, 0) is 6.54 Å². The standard InChI is InChI=1S/C26H29N3O3S/c1-30-23-14-21(15-24(31-2)25(23)32-3)22-18-33-26(27-16-19-10-6-4-7-11-19)29(22)28-17-20-12-8-5-9-13-20/h4-8,10-11,14-15,17-18,20H,9,12-13,16H2,1-3H3. The second kappa shape index (κ2) is 11.0. The van der Waals surface area contributed by atoms with E-state index < -0.39 is 0 Å². The zero-order chi connectivity index (χ0) is 23.0. The zero-order valence-corrected chi connectivity index (χ0v) is 20.0. The minimum absolute atomic E-state index is 0.428. The van der Waals surface area contributed by atoms with Crippen molar-refractivity contribution in [3.05, 3.63) is 70.4 Å². The molecule has 0 saturated carbocycles. The van der Waals surface area contributed by atoms with Crippen LogP contribution in [0, 0.1) is 5.92 Å². The summed E-state index contributed by atoms with van der Waals surface area (Å²) >= 11 is 1.57. The molecule has 0 radical (unpaired) electrons. The van der Waals surface area contributed by atoms with Gasteiger partial charge in [-0.1, -0.05) is 42.5 Å². The molecule has 0 fully saturated rings. The molecule has 1 aliphatic carbocycles. The predicted molar refractivity (Wildman–Crippen MR) is 133 cm³/mol. The summed E-state index contributed by atoms with van der Waals surface area (Å²) in [7, 11) is 4.85. The summed E-state index contributed by atoms with van der Waals surface area (Å²) in [6.45, 7) is 0.595. The van der Waals surface area contributed by atoms with Gasteiger partial charge in [-0.2, -0.15) is 5.10 Å². The number of nitrogens with zero attached hydrogens (tertiary/aromatic N) is 3. The largest absolute Gasteiger partial charge is 0.493 e. The number of rotatable bonds is 8. The maximum absolute atomic E-state index is 5.57. The Morgan fingerprint density at radius 3 is 2.42 bits per heavy atom. The quantitative estimate of drug-likeness (QED) is 0.326. The van der Waals surface area contributed by atoms with Gasteiger partial charge in [-0.05, 0) is 42.9 Å². The second-order valence-electron chi connectivity index (χ2n) is 7.74. The van der Waals surface area contributed by atoms with E-state index in [0.717, 1.165) is 40.9 Å². The summed E-state index contributed by atoms with van der Waals surface area (Å²) in [5.74, 6) is 2.21. The van der Waals surface area contributed by atoms with Crippen LogP contribution >= 0.6 is 11.3 Å². The first-order valence-corrected chi connectivity index (χ1v) is 11.9. The second-order valence-corrected chi connectivity index (χ2v) is 8.58. The van der Waals surface area contributed by atoms with Gasteiger partial charge in [0.15, 0.2) is 11.5 Å². The van der Waals surface area contributed by atoms with Gasteiger partial charge < -0.3 is 14.2 Å². The number of thiazole rings is 1. The fourth-order valence-electron chi connectivity index (χ4n) is 3.80. The fourth-order valence-corrected chi connectivity index (χ4v) is 4.64. The molecule has 1 unspecified atom stereocenters. The number of hydrogen-bond donors (Lipinski definition) is 0. The summed E-state index contributed by atoms with van der Waals surface area (Å²) < 4.78 is 18.5. The van der Waals surface area contributed by atoms with Crippen LogP contribution in [0.2, 0.25) is 0 Å². The van der Waals surface area contributed by atoms with Crippen molar-refractivity contribution in [2.24, 2.45) is 16.0 Å². The van der Waals surface area contributed by atoms with Crippen molar-refractivity contribution < 1.29 is 14.2 Å². The van der Waals surface area contributed by atoms with E-state index in [9.17, 15) is 0 Å². The SMILES string of the molecule is COc1cc(-c2csc(=NCc3ccccc3)n2N=CC2CC=CCC2)cc(OC)c1OC. The minimum Gasteiger partial charge on any atom is -0.493 e. The Hall–Kier alpha value is -3.32. The Labute approximate surface area is 198 Å². The van der Waals surface area contributed by atoms with Crippen molar-refractivity contribution in [3.63, 3.8) is 0 Å². The predicted octanol–water partition coefficient (Wildman–Crippen LogP) is 5.53. The molecule has 7 heteroatoms. The molecule has 6 nitrogen and oxygen atoms in total. The molecule has 1 heterocycles. The van der Waals surface area contributed by atoms with E-state index in [1.54, 1.807) is 32.7 Å². The molecule has 0 amide bonds. The third-order valence-electron chi connectivity index (χ3n) is 5.59. The first-order chi connectivity index (χ1) is 16.2. The van der Waals surface area contributed by atoms with Gasteiger partial charge in [0.25, 0.3) is 0 Å². The van der Waals surface area contributed by atoms with Crippen molar-refractivity contribution in [1.82, 2.24) is 4.68 Å². The van der Waals surface area contributed by atoms with E-state index in [1.165, 1.54) is 0 Å². The first-order valence-electron chi connectivity index (χ1n) is 11.0. The summed E-state index contributed by atoms with van der Waals surface area (Å²) in [4.78, 5) is 5.71. The van der Waals surface area contributed by atoms with Gasteiger partial charge in [0.05, 0.1) is 33.6 Å². The van der Waals surface area contributed by atoms with Crippen LogP contribution < -0.4 is 19.0 Å². The Kier molecular flexibility index (Phi) is 7.62. The lowest BCUT2D eigenvalue weighted by Gasteiger charge is -2.15. The fraction of sp³-hybridized carbons (Fsp3) is 0.308. The summed E-state index contributed by atoms with van der Waals surface area (Å²) in [6, 6.07) is 14.1. The molecule has 0 saturated heterocycles. The van der Waals surface area contributed by atoms with Crippen LogP contribution in [-0.4, -0.2) is 32.2 Å². The molecule has 1 aliphatic rings. The molecule has 1 aromatic heterocycles. The smallest absolute Gasteiger partial charge is 0.206 e. The highest BCUT2D eigenvalue weighted by Gasteiger charge is 2.17. The molecule has 0 aliphatic heterocycles. The monoisotopic (exact) mass is 463 g/mol. The van der Waals surface area contributed by atoms with Crippen molar-refractivity contribution >= 4 is 17.6 Å². The molecule has 3 aromatic rings. The highest BCUT2D eigenvalue weighted by Crippen LogP contribution is 2.41. The van der Waals surface area contributed by atoms with Crippen molar-refractivity contribution in [3.8, 4) is 28.5 Å². The number of methoxy groups -OCH3 is 3. The van der Waals surface area contributed by atoms with Gasteiger partial charge in [-0.25, -0.2) is 4.68 Å².